The normalized spacial score (nSPS) is 11.7. The van der Waals surface area contributed by atoms with E-state index in [0.29, 0.717) is 25.9 Å². The van der Waals surface area contributed by atoms with Crippen LogP contribution in [0.25, 0.3) is 0 Å². The van der Waals surface area contributed by atoms with E-state index in [2.05, 4.69) is 0 Å². The molecule has 0 spiro atoms. The number of unbranched alkanes of at least 4 members (excludes halogenated alkanes) is 2. The van der Waals surface area contributed by atoms with E-state index < -0.39 is 6.10 Å². The van der Waals surface area contributed by atoms with Gasteiger partial charge in [0.05, 0.1) is 6.61 Å². The minimum Gasteiger partial charge on any atom is -0.466 e. The Morgan fingerprint density at radius 1 is 1.00 bits per heavy atom. The summed E-state index contributed by atoms with van der Waals surface area (Å²) in [6, 6.07) is 0. The van der Waals surface area contributed by atoms with E-state index in [4.69, 9.17) is 9.47 Å². The fourth-order valence-electron chi connectivity index (χ4n) is 1.29. The van der Waals surface area contributed by atoms with E-state index >= 15 is 0 Å². The van der Waals surface area contributed by atoms with E-state index in [1.807, 2.05) is 0 Å². The van der Waals surface area contributed by atoms with Gasteiger partial charge in [0, 0.05) is 12.8 Å². The third-order valence-electron chi connectivity index (χ3n) is 2.45. The van der Waals surface area contributed by atoms with Crippen molar-refractivity contribution in [3.05, 3.63) is 0 Å². The van der Waals surface area contributed by atoms with Gasteiger partial charge >= 0.3 is 11.9 Å². The molecule has 0 aliphatic rings. The molecule has 0 N–H and O–H groups in total. The lowest BCUT2D eigenvalue weighted by atomic mass is 10.1. The number of ether oxygens (including phenoxy) is 2. The second-order valence-corrected chi connectivity index (χ2v) is 4.11. The van der Waals surface area contributed by atoms with E-state index in [0.717, 1.165) is 6.42 Å². The maximum atomic E-state index is 11.3. The highest BCUT2D eigenvalue weighted by Gasteiger charge is 2.12. The van der Waals surface area contributed by atoms with Crippen LogP contribution in [0.15, 0.2) is 0 Å². The van der Waals surface area contributed by atoms with Crippen LogP contribution in [0.2, 0.25) is 0 Å². The van der Waals surface area contributed by atoms with Crippen LogP contribution in [0.3, 0.4) is 0 Å². The maximum Gasteiger partial charge on any atom is 0.306 e. The summed E-state index contributed by atoms with van der Waals surface area (Å²) in [5, 5.41) is 0. The number of carbonyl (C=O) groups excluding carboxylic acids is 3. The van der Waals surface area contributed by atoms with Crippen molar-refractivity contribution in [1.29, 1.82) is 0 Å². The van der Waals surface area contributed by atoms with Gasteiger partial charge in [-0.15, -0.1) is 0 Å². The van der Waals surface area contributed by atoms with Gasteiger partial charge in [-0.3, -0.25) is 14.4 Å². The van der Waals surface area contributed by atoms with E-state index in [-0.39, 0.29) is 24.1 Å². The summed E-state index contributed by atoms with van der Waals surface area (Å²) in [5.41, 5.74) is 0. The molecule has 0 amide bonds. The molecular formula is C13H22O5. The number of ketones is 1. The molecule has 104 valence electrons. The van der Waals surface area contributed by atoms with Gasteiger partial charge in [-0.05, 0) is 33.6 Å². The van der Waals surface area contributed by atoms with Crippen molar-refractivity contribution in [2.45, 2.75) is 59.0 Å². The Balaban J connectivity index is 3.52. The molecular weight excluding hydrogens is 236 g/mol. The molecule has 0 aromatic heterocycles. The number of rotatable bonds is 9. The molecule has 0 aliphatic heterocycles. The number of carbonyl (C=O) groups is 3. The van der Waals surface area contributed by atoms with Gasteiger partial charge in [-0.2, -0.15) is 0 Å². The zero-order chi connectivity index (χ0) is 14.0. The van der Waals surface area contributed by atoms with Gasteiger partial charge in [0.1, 0.15) is 0 Å². The van der Waals surface area contributed by atoms with Crippen molar-refractivity contribution in [1.82, 2.24) is 0 Å². The van der Waals surface area contributed by atoms with Crippen LogP contribution in [0.4, 0.5) is 0 Å². The molecule has 0 rings (SSSR count). The zero-order valence-electron chi connectivity index (χ0n) is 11.4. The van der Waals surface area contributed by atoms with Crippen LogP contribution < -0.4 is 0 Å². The topological polar surface area (TPSA) is 69.7 Å². The number of hydrogen-bond acceptors (Lipinski definition) is 5. The Kier molecular flexibility index (Phi) is 8.88. The Morgan fingerprint density at radius 2 is 1.56 bits per heavy atom. The molecule has 0 radical (unpaired) electrons. The second-order valence-electron chi connectivity index (χ2n) is 4.11. The molecule has 0 heterocycles. The summed E-state index contributed by atoms with van der Waals surface area (Å²) < 4.78 is 9.68. The SMILES string of the molecule is CCOC(=O)CCCCCC(=O)OC(C)C(C)=O. The van der Waals surface area contributed by atoms with Gasteiger partial charge in [0.25, 0.3) is 0 Å². The van der Waals surface area contributed by atoms with Crippen molar-refractivity contribution in [2.24, 2.45) is 0 Å². The van der Waals surface area contributed by atoms with Crippen LogP contribution >= 0.6 is 0 Å². The number of esters is 2. The lowest BCUT2D eigenvalue weighted by Gasteiger charge is -2.09. The first-order valence-corrected chi connectivity index (χ1v) is 6.33. The van der Waals surface area contributed by atoms with E-state index in [1.165, 1.54) is 6.92 Å². The lowest BCUT2D eigenvalue weighted by Crippen LogP contribution is -2.21. The highest BCUT2D eigenvalue weighted by molar-refractivity contribution is 5.83. The van der Waals surface area contributed by atoms with E-state index in [9.17, 15) is 14.4 Å². The van der Waals surface area contributed by atoms with Gasteiger partial charge < -0.3 is 9.47 Å². The Morgan fingerprint density at radius 3 is 2.06 bits per heavy atom. The lowest BCUT2D eigenvalue weighted by molar-refractivity contribution is -0.153. The van der Waals surface area contributed by atoms with Gasteiger partial charge in [0.15, 0.2) is 11.9 Å². The molecule has 5 nitrogen and oxygen atoms in total. The fourth-order valence-corrected chi connectivity index (χ4v) is 1.29. The molecule has 0 saturated carbocycles. The molecule has 0 aromatic carbocycles. The molecule has 0 aromatic rings. The van der Waals surface area contributed by atoms with Crippen molar-refractivity contribution in [3.63, 3.8) is 0 Å². The summed E-state index contributed by atoms with van der Waals surface area (Å²) in [6.07, 6.45) is 2.12. The van der Waals surface area contributed by atoms with Crippen molar-refractivity contribution < 1.29 is 23.9 Å². The highest BCUT2D eigenvalue weighted by Crippen LogP contribution is 2.06. The van der Waals surface area contributed by atoms with Gasteiger partial charge in [0.2, 0.25) is 0 Å². The van der Waals surface area contributed by atoms with Crippen LogP contribution in [-0.2, 0) is 23.9 Å². The number of hydrogen-bond donors (Lipinski definition) is 0. The summed E-state index contributed by atoms with van der Waals surface area (Å²) in [6.45, 7) is 5.11. The Hall–Kier alpha value is -1.39. The summed E-state index contributed by atoms with van der Waals surface area (Å²) in [5.74, 6) is -0.732. The Labute approximate surface area is 108 Å². The standard InChI is InChI=1S/C13H22O5/c1-4-17-12(15)8-6-5-7-9-13(16)18-11(3)10(2)14/h11H,4-9H2,1-3H3. The first-order chi connectivity index (χ1) is 8.47. The summed E-state index contributed by atoms with van der Waals surface area (Å²) >= 11 is 0. The number of Topliss-reactive ketones (excluding diaryl/α,β-unsaturated/α-hetero) is 1. The zero-order valence-corrected chi connectivity index (χ0v) is 11.4. The minimum atomic E-state index is -0.669. The molecule has 1 atom stereocenters. The third-order valence-corrected chi connectivity index (χ3v) is 2.45. The second kappa shape index (κ2) is 9.62. The van der Waals surface area contributed by atoms with Crippen LogP contribution in [0.1, 0.15) is 52.9 Å². The summed E-state index contributed by atoms with van der Waals surface area (Å²) in [7, 11) is 0. The van der Waals surface area contributed by atoms with Crippen LogP contribution in [0, 0.1) is 0 Å². The molecule has 18 heavy (non-hydrogen) atoms. The van der Waals surface area contributed by atoms with Crippen molar-refractivity contribution in [2.75, 3.05) is 6.61 Å². The molecule has 0 bridgehead atoms. The van der Waals surface area contributed by atoms with Crippen LogP contribution in [-0.4, -0.2) is 30.4 Å². The first kappa shape index (κ1) is 16.6. The van der Waals surface area contributed by atoms with Crippen molar-refractivity contribution >= 4 is 17.7 Å². The molecule has 5 heteroatoms. The quantitative estimate of drug-likeness (QED) is 0.467. The summed E-state index contributed by atoms with van der Waals surface area (Å²) in [4.78, 5) is 33.2. The third kappa shape index (κ3) is 8.73. The largest absolute Gasteiger partial charge is 0.466 e. The Bertz CT molecular complexity index is 285. The monoisotopic (exact) mass is 258 g/mol. The predicted molar refractivity (Wildman–Crippen MR) is 66.0 cm³/mol. The minimum absolute atomic E-state index is 0.161. The molecule has 0 fully saturated rings. The molecule has 0 saturated heterocycles. The molecule has 1 unspecified atom stereocenters. The van der Waals surface area contributed by atoms with Crippen molar-refractivity contribution in [3.8, 4) is 0 Å². The first-order valence-electron chi connectivity index (χ1n) is 6.33. The van der Waals surface area contributed by atoms with E-state index in [1.54, 1.807) is 13.8 Å². The molecule has 0 aliphatic carbocycles. The fraction of sp³-hybridized carbons (Fsp3) is 0.769. The average molecular weight is 258 g/mol. The average Bonchev–Trinajstić information content (AvgIpc) is 2.28. The smallest absolute Gasteiger partial charge is 0.306 e. The highest BCUT2D eigenvalue weighted by atomic mass is 16.5. The van der Waals surface area contributed by atoms with Crippen LogP contribution in [0.5, 0.6) is 0 Å². The predicted octanol–water partition coefficient (Wildman–Crippen LogP) is 2.02. The van der Waals surface area contributed by atoms with Gasteiger partial charge in [-0.25, -0.2) is 0 Å². The van der Waals surface area contributed by atoms with Gasteiger partial charge in [-0.1, -0.05) is 6.42 Å². The maximum absolute atomic E-state index is 11.3.